The molecule has 1 aromatic heterocycles. The molecule has 0 saturated heterocycles. The fraction of sp³-hybridized carbons (Fsp3) is 0.400. The lowest BCUT2D eigenvalue weighted by Crippen LogP contribution is -2.23. The van der Waals surface area contributed by atoms with Crippen LogP contribution in [0.3, 0.4) is 0 Å². The molecule has 2 aromatic rings. The fourth-order valence-electron chi connectivity index (χ4n) is 3.07. The second-order valence-electron chi connectivity index (χ2n) is 6.38. The van der Waals surface area contributed by atoms with Gasteiger partial charge in [-0.25, -0.2) is 9.98 Å². The van der Waals surface area contributed by atoms with Gasteiger partial charge in [0.05, 0.1) is 26.5 Å². The molecular weight excluding hydrogens is 471 g/mol. The van der Waals surface area contributed by atoms with Crippen molar-refractivity contribution in [2.75, 3.05) is 19.5 Å². The molecule has 3 N–H and O–H groups in total. The molecule has 0 spiro atoms. The van der Waals surface area contributed by atoms with Crippen LogP contribution in [0.25, 0.3) is 0 Å². The highest BCUT2D eigenvalue weighted by atomic mass is 127. The van der Waals surface area contributed by atoms with Gasteiger partial charge in [0.15, 0.2) is 5.96 Å². The molecule has 1 aromatic carbocycles. The minimum Gasteiger partial charge on any atom is -0.497 e. The van der Waals surface area contributed by atoms with Crippen molar-refractivity contribution >= 4 is 35.6 Å². The molecule has 0 atom stereocenters. The number of nitrogens with two attached hydrogens (primary N) is 1. The van der Waals surface area contributed by atoms with E-state index in [9.17, 15) is 0 Å². The van der Waals surface area contributed by atoms with Gasteiger partial charge in [0.25, 0.3) is 0 Å². The van der Waals surface area contributed by atoms with Gasteiger partial charge in [-0.15, -0.1) is 24.0 Å². The number of benzene rings is 1. The molecule has 1 fully saturated rings. The Kier molecular flexibility index (Phi) is 8.62. The van der Waals surface area contributed by atoms with Crippen molar-refractivity contribution < 1.29 is 14.2 Å². The zero-order valence-corrected chi connectivity index (χ0v) is 18.5. The van der Waals surface area contributed by atoms with Crippen molar-refractivity contribution in [1.82, 2.24) is 4.98 Å². The Bertz CT molecular complexity index is 795. The SMILES string of the molecule is COc1ccc(OC)c(NC(N)=NCc2cccnc2OC2CCCC2)c1.I. The van der Waals surface area contributed by atoms with E-state index in [-0.39, 0.29) is 36.0 Å². The molecule has 1 aliphatic carbocycles. The lowest BCUT2D eigenvalue weighted by molar-refractivity contribution is 0.199. The van der Waals surface area contributed by atoms with Crippen molar-refractivity contribution in [3.8, 4) is 17.4 Å². The van der Waals surface area contributed by atoms with Crippen molar-refractivity contribution in [2.24, 2.45) is 10.7 Å². The summed E-state index contributed by atoms with van der Waals surface area (Å²) in [5.74, 6) is 2.27. The molecule has 28 heavy (non-hydrogen) atoms. The molecule has 0 unspecified atom stereocenters. The number of halogens is 1. The lowest BCUT2D eigenvalue weighted by Gasteiger charge is -2.15. The number of aliphatic imine (C=N–C) groups is 1. The zero-order valence-electron chi connectivity index (χ0n) is 16.2. The predicted molar refractivity (Wildman–Crippen MR) is 121 cm³/mol. The van der Waals surface area contributed by atoms with Gasteiger partial charge in [0, 0.05) is 17.8 Å². The lowest BCUT2D eigenvalue weighted by atomic mass is 10.2. The van der Waals surface area contributed by atoms with Crippen LogP contribution in [0.2, 0.25) is 0 Å². The quantitative estimate of drug-likeness (QED) is 0.341. The fourth-order valence-corrected chi connectivity index (χ4v) is 3.07. The van der Waals surface area contributed by atoms with E-state index in [0.29, 0.717) is 29.6 Å². The largest absolute Gasteiger partial charge is 0.497 e. The summed E-state index contributed by atoms with van der Waals surface area (Å²) in [6.45, 7) is 0.376. The van der Waals surface area contributed by atoms with Gasteiger partial charge in [0.2, 0.25) is 5.88 Å². The molecule has 8 heteroatoms. The molecule has 3 rings (SSSR count). The Morgan fingerprint density at radius 2 is 2.00 bits per heavy atom. The van der Waals surface area contributed by atoms with Crippen LogP contribution in [0.1, 0.15) is 31.2 Å². The Balaban J connectivity index is 0.00000280. The number of hydrogen-bond acceptors (Lipinski definition) is 5. The smallest absolute Gasteiger partial charge is 0.218 e. The van der Waals surface area contributed by atoms with E-state index in [1.807, 2.05) is 24.3 Å². The summed E-state index contributed by atoms with van der Waals surface area (Å²) in [5, 5.41) is 3.06. The third-order valence-electron chi connectivity index (χ3n) is 4.52. The Hall–Kier alpha value is -2.23. The summed E-state index contributed by atoms with van der Waals surface area (Å²) in [5.41, 5.74) is 7.66. The second kappa shape index (κ2) is 10.9. The molecule has 1 aliphatic rings. The number of nitrogens with one attached hydrogen (secondary N) is 1. The molecule has 1 heterocycles. The topological polar surface area (TPSA) is 91.0 Å². The van der Waals surface area contributed by atoms with Crippen LogP contribution in [-0.2, 0) is 6.54 Å². The number of hydrogen-bond donors (Lipinski definition) is 2. The maximum Gasteiger partial charge on any atom is 0.218 e. The van der Waals surface area contributed by atoms with E-state index in [2.05, 4.69) is 15.3 Å². The van der Waals surface area contributed by atoms with Crippen LogP contribution in [0.5, 0.6) is 17.4 Å². The normalized spacial score (nSPS) is 14.3. The minimum atomic E-state index is 0. The molecular formula is C20H27IN4O3. The monoisotopic (exact) mass is 498 g/mol. The van der Waals surface area contributed by atoms with Gasteiger partial charge in [-0.2, -0.15) is 0 Å². The van der Waals surface area contributed by atoms with E-state index in [0.717, 1.165) is 18.4 Å². The molecule has 0 radical (unpaired) electrons. The first kappa shape index (κ1) is 22.1. The second-order valence-corrected chi connectivity index (χ2v) is 6.38. The van der Waals surface area contributed by atoms with Gasteiger partial charge in [-0.3, -0.25) is 0 Å². The molecule has 7 nitrogen and oxygen atoms in total. The first-order valence-corrected chi connectivity index (χ1v) is 9.09. The number of methoxy groups -OCH3 is 2. The summed E-state index contributed by atoms with van der Waals surface area (Å²) < 4.78 is 16.6. The minimum absolute atomic E-state index is 0. The van der Waals surface area contributed by atoms with Gasteiger partial charge in [-0.05, 0) is 43.9 Å². The van der Waals surface area contributed by atoms with Crippen LogP contribution >= 0.6 is 24.0 Å². The van der Waals surface area contributed by atoms with Gasteiger partial charge >= 0.3 is 0 Å². The van der Waals surface area contributed by atoms with Gasteiger partial charge in [-0.1, -0.05) is 6.07 Å². The number of anilines is 1. The van der Waals surface area contributed by atoms with E-state index in [1.165, 1.54) is 12.8 Å². The van der Waals surface area contributed by atoms with E-state index in [4.69, 9.17) is 19.9 Å². The first-order valence-electron chi connectivity index (χ1n) is 9.09. The zero-order chi connectivity index (χ0) is 19.1. The van der Waals surface area contributed by atoms with Crippen molar-refractivity contribution in [3.05, 3.63) is 42.1 Å². The highest BCUT2D eigenvalue weighted by Crippen LogP contribution is 2.29. The third-order valence-corrected chi connectivity index (χ3v) is 4.52. The molecule has 0 bridgehead atoms. The van der Waals surface area contributed by atoms with Crippen LogP contribution in [0.15, 0.2) is 41.5 Å². The van der Waals surface area contributed by atoms with E-state index >= 15 is 0 Å². The Labute approximate surface area is 182 Å². The van der Waals surface area contributed by atoms with E-state index < -0.39 is 0 Å². The number of guanidine groups is 1. The summed E-state index contributed by atoms with van der Waals surface area (Å²) in [6, 6.07) is 9.27. The van der Waals surface area contributed by atoms with Crippen molar-refractivity contribution in [3.63, 3.8) is 0 Å². The number of aromatic nitrogens is 1. The summed E-state index contributed by atoms with van der Waals surface area (Å²) >= 11 is 0. The molecule has 1 saturated carbocycles. The average molecular weight is 498 g/mol. The first-order chi connectivity index (χ1) is 13.2. The highest BCUT2D eigenvalue weighted by molar-refractivity contribution is 14.0. The molecule has 0 amide bonds. The number of ether oxygens (including phenoxy) is 3. The molecule has 0 aliphatic heterocycles. The van der Waals surface area contributed by atoms with Crippen LogP contribution in [0.4, 0.5) is 5.69 Å². The highest BCUT2D eigenvalue weighted by Gasteiger charge is 2.18. The summed E-state index contributed by atoms with van der Waals surface area (Å²) in [4.78, 5) is 8.79. The number of rotatable bonds is 7. The predicted octanol–water partition coefficient (Wildman–Crippen LogP) is 3.97. The number of pyridine rings is 1. The summed E-state index contributed by atoms with van der Waals surface area (Å²) in [7, 11) is 3.21. The van der Waals surface area contributed by atoms with Crippen LogP contribution in [0, 0.1) is 0 Å². The molecule has 152 valence electrons. The maximum atomic E-state index is 6.06. The van der Waals surface area contributed by atoms with Crippen LogP contribution < -0.4 is 25.3 Å². The standard InChI is InChI=1S/C20H26N4O3.HI/c1-25-16-9-10-18(26-2)17(12-16)24-20(21)23-13-14-6-5-11-22-19(14)27-15-7-3-4-8-15;/h5-6,9-12,15H,3-4,7-8,13H2,1-2H3,(H3,21,23,24);1H. The summed E-state index contributed by atoms with van der Waals surface area (Å²) in [6.07, 6.45) is 6.57. The Morgan fingerprint density at radius 1 is 1.21 bits per heavy atom. The third kappa shape index (κ3) is 5.88. The number of nitrogens with zero attached hydrogens (tertiary/aromatic N) is 2. The maximum absolute atomic E-state index is 6.06. The van der Waals surface area contributed by atoms with Crippen molar-refractivity contribution in [2.45, 2.75) is 38.3 Å². The van der Waals surface area contributed by atoms with Gasteiger partial charge < -0.3 is 25.3 Å². The Morgan fingerprint density at radius 3 is 2.71 bits per heavy atom. The van der Waals surface area contributed by atoms with Crippen molar-refractivity contribution in [1.29, 1.82) is 0 Å². The van der Waals surface area contributed by atoms with E-state index in [1.54, 1.807) is 26.5 Å². The van der Waals surface area contributed by atoms with Gasteiger partial charge in [0.1, 0.15) is 17.6 Å². The average Bonchev–Trinajstić information content (AvgIpc) is 3.20. The van der Waals surface area contributed by atoms with Crippen LogP contribution in [-0.4, -0.2) is 31.3 Å².